The minimum atomic E-state index is -3.59. The van der Waals surface area contributed by atoms with Crippen LogP contribution in [0.15, 0.2) is 9.63 Å². The molecule has 0 spiro atoms. The third kappa shape index (κ3) is 3.33. The van der Waals surface area contributed by atoms with Crippen LogP contribution in [0.2, 0.25) is 0 Å². The number of hydrogen-bond acceptors (Lipinski definition) is 5. The van der Waals surface area contributed by atoms with E-state index in [1.165, 1.54) is 11.1 Å². The van der Waals surface area contributed by atoms with Crippen molar-refractivity contribution in [2.24, 2.45) is 7.05 Å². The van der Waals surface area contributed by atoms with Gasteiger partial charge in [0.05, 0.1) is 0 Å². The number of likely N-dealkylation sites (tertiary alicyclic amines) is 1. The first-order chi connectivity index (χ1) is 8.92. The first-order valence-electron chi connectivity index (χ1n) is 6.17. The Hall–Kier alpha value is -0.510. The van der Waals surface area contributed by atoms with Crippen molar-refractivity contribution >= 4 is 26.0 Å². The van der Waals surface area contributed by atoms with Gasteiger partial charge in [0.2, 0.25) is 5.03 Å². The monoisotopic (exact) mass is 351 g/mol. The maximum Gasteiger partial charge on any atom is 0.260 e. The van der Waals surface area contributed by atoms with Gasteiger partial charge in [0.25, 0.3) is 10.0 Å². The van der Waals surface area contributed by atoms with E-state index in [-0.39, 0.29) is 15.7 Å². The van der Waals surface area contributed by atoms with E-state index >= 15 is 0 Å². The molecule has 9 heteroatoms. The van der Waals surface area contributed by atoms with Crippen molar-refractivity contribution in [3.63, 3.8) is 0 Å². The normalized spacial score (nSPS) is 21.7. The third-order valence-electron chi connectivity index (χ3n) is 3.42. The first kappa shape index (κ1) is 14.9. The summed E-state index contributed by atoms with van der Waals surface area (Å²) in [6.07, 6.45) is 3.34. The number of nitrogens with zero attached hydrogens (tertiary/aromatic N) is 4. The Balaban J connectivity index is 2.06. The molecule has 1 fully saturated rings. The summed E-state index contributed by atoms with van der Waals surface area (Å²) < 4.78 is 28.6. The van der Waals surface area contributed by atoms with Crippen LogP contribution in [0.1, 0.15) is 19.3 Å². The summed E-state index contributed by atoms with van der Waals surface area (Å²) in [6.45, 7) is 1.43. The molecule has 7 nitrogen and oxygen atoms in total. The zero-order valence-corrected chi connectivity index (χ0v) is 13.4. The summed E-state index contributed by atoms with van der Waals surface area (Å²) >= 11 is 3.11. The van der Waals surface area contributed by atoms with Gasteiger partial charge in [-0.2, -0.15) is 0 Å². The molecule has 1 aliphatic rings. The lowest BCUT2D eigenvalue weighted by atomic mass is 10.0. The Morgan fingerprint density at radius 1 is 1.42 bits per heavy atom. The summed E-state index contributed by atoms with van der Waals surface area (Å²) in [5.74, 6) is 0. The van der Waals surface area contributed by atoms with Crippen molar-refractivity contribution in [2.75, 3.05) is 20.1 Å². The van der Waals surface area contributed by atoms with Crippen LogP contribution in [0, 0.1) is 0 Å². The SMILES string of the molecule is CN1CCCCC1CNS(=O)(=O)c1c(Br)nnn1C. The summed E-state index contributed by atoms with van der Waals surface area (Å²) in [5, 5.41) is 7.44. The molecular formula is C10H18BrN5O2S. The summed E-state index contributed by atoms with van der Waals surface area (Å²) in [5.41, 5.74) is 0. The van der Waals surface area contributed by atoms with Crippen molar-refractivity contribution in [2.45, 2.75) is 30.3 Å². The Labute approximate surface area is 121 Å². The zero-order valence-electron chi connectivity index (χ0n) is 11.0. The van der Waals surface area contributed by atoms with Crippen molar-refractivity contribution in [3.05, 3.63) is 4.60 Å². The second kappa shape index (κ2) is 5.86. The van der Waals surface area contributed by atoms with Gasteiger partial charge in [0, 0.05) is 19.6 Å². The van der Waals surface area contributed by atoms with Gasteiger partial charge in [-0.15, -0.1) is 5.10 Å². The summed E-state index contributed by atoms with van der Waals surface area (Å²) in [7, 11) is -0.00460. The fraction of sp³-hybridized carbons (Fsp3) is 0.800. The van der Waals surface area contributed by atoms with Gasteiger partial charge < -0.3 is 4.90 Å². The molecular weight excluding hydrogens is 334 g/mol. The predicted octanol–water partition coefficient (Wildman–Crippen LogP) is 0.340. The molecule has 19 heavy (non-hydrogen) atoms. The first-order valence-corrected chi connectivity index (χ1v) is 8.44. The molecule has 1 aromatic rings. The molecule has 1 N–H and O–H groups in total. The van der Waals surface area contributed by atoms with Crippen molar-refractivity contribution in [1.82, 2.24) is 24.6 Å². The fourth-order valence-corrected chi connectivity index (χ4v) is 4.45. The number of aromatic nitrogens is 3. The van der Waals surface area contributed by atoms with Crippen molar-refractivity contribution in [1.29, 1.82) is 0 Å². The standard InChI is InChI=1S/C10H18BrN5O2S/c1-15-6-4-3-5-8(15)7-12-19(17,18)10-9(11)13-14-16(10)2/h8,12H,3-7H2,1-2H3. The van der Waals surface area contributed by atoms with Gasteiger partial charge >= 0.3 is 0 Å². The quantitative estimate of drug-likeness (QED) is 0.845. The number of rotatable bonds is 4. The van der Waals surface area contributed by atoms with Gasteiger partial charge in [0.1, 0.15) is 0 Å². The van der Waals surface area contributed by atoms with E-state index in [1.807, 2.05) is 7.05 Å². The van der Waals surface area contributed by atoms with E-state index in [0.29, 0.717) is 6.54 Å². The number of likely N-dealkylation sites (N-methyl/N-ethyl adjacent to an activating group) is 1. The lowest BCUT2D eigenvalue weighted by Crippen LogP contribution is -2.44. The van der Waals surface area contributed by atoms with E-state index in [2.05, 4.69) is 35.9 Å². The van der Waals surface area contributed by atoms with Crippen molar-refractivity contribution < 1.29 is 8.42 Å². The lowest BCUT2D eigenvalue weighted by molar-refractivity contribution is 0.187. The molecule has 0 amide bonds. The second-order valence-electron chi connectivity index (χ2n) is 4.79. The Morgan fingerprint density at radius 2 is 2.16 bits per heavy atom. The van der Waals surface area contributed by atoms with Crippen LogP contribution in [0.4, 0.5) is 0 Å². The summed E-state index contributed by atoms with van der Waals surface area (Å²) in [6, 6.07) is 0.253. The van der Waals surface area contributed by atoms with Crippen LogP contribution in [-0.2, 0) is 17.1 Å². The molecule has 1 unspecified atom stereocenters. The smallest absolute Gasteiger partial charge is 0.260 e. The number of aryl methyl sites for hydroxylation is 1. The average Bonchev–Trinajstić information content (AvgIpc) is 2.69. The predicted molar refractivity (Wildman–Crippen MR) is 74.2 cm³/mol. The lowest BCUT2D eigenvalue weighted by Gasteiger charge is -2.32. The highest BCUT2D eigenvalue weighted by atomic mass is 79.9. The average molecular weight is 352 g/mol. The molecule has 1 atom stereocenters. The van der Waals surface area contributed by atoms with Gasteiger partial charge in [-0.25, -0.2) is 17.8 Å². The van der Waals surface area contributed by atoms with E-state index in [9.17, 15) is 8.42 Å². The molecule has 108 valence electrons. The van der Waals surface area contributed by atoms with Gasteiger partial charge in [-0.05, 0) is 42.4 Å². The maximum absolute atomic E-state index is 12.2. The van der Waals surface area contributed by atoms with Crippen LogP contribution in [0.5, 0.6) is 0 Å². The number of nitrogens with one attached hydrogen (secondary N) is 1. The van der Waals surface area contributed by atoms with Crippen molar-refractivity contribution in [3.8, 4) is 0 Å². The van der Waals surface area contributed by atoms with E-state index in [4.69, 9.17) is 0 Å². The molecule has 0 aliphatic carbocycles. The molecule has 1 aromatic heterocycles. The van der Waals surface area contributed by atoms with Crippen LogP contribution >= 0.6 is 15.9 Å². The minimum absolute atomic E-state index is 0.0611. The van der Waals surface area contributed by atoms with Crippen LogP contribution in [-0.4, -0.2) is 54.5 Å². The van der Waals surface area contributed by atoms with Crippen LogP contribution in [0.25, 0.3) is 0 Å². The largest absolute Gasteiger partial charge is 0.302 e. The minimum Gasteiger partial charge on any atom is -0.302 e. The summed E-state index contributed by atoms with van der Waals surface area (Å²) in [4.78, 5) is 2.20. The van der Waals surface area contributed by atoms with Gasteiger partial charge in [-0.3, -0.25) is 0 Å². The highest BCUT2D eigenvalue weighted by Crippen LogP contribution is 2.19. The van der Waals surface area contributed by atoms with Crippen LogP contribution < -0.4 is 4.72 Å². The van der Waals surface area contributed by atoms with Crippen LogP contribution in [0.3, 0.4) is 0 Å². The topological polar surface area (TPSA) is 80.1 Å². The molecule has 0 bridgehead atoms. The van der Waals surface area contributed by atoms with Gasteiger partial charge in [-0.1, -0.05) is 11.6 Å². The third-order valence-corrected chi connectivity index (χ3v) is 5.73. The Bertz CT molecular complexity index is 525. The maximum atomic E-state index is 12.2. The molecule has 0 saturated carbocycles. The molecule has 2 heterocycles. The van der Waals surface area contributed by atoms with E-state index in [0.717, 1.165) is 19.4 Å². The number of hydrogen-bond donors (Lipinski definition) is 1. The molecule has 1 aliphatic heterocycles. The Kier molecular flexibility index (Phi) is 4.59. The highest BCUT2D eigenvalue weighted by molar-refractivity contribution is 9.10. The second-order valence-corrected chi connectivity index (χ2v) is 7.22. The molecule has 2 rings (SSSR count). The van der Waals surface area contributed by atoms with E-state index in [1.54, 1.807) is 7.05 Å². The number of halogens is 1. The Morgan fingerprint density at radius 3 is 2.74 bits per heavy atom. The highest BCUT2D eigenvalue weighted by Gasteiger charge is 2.26. The fourth-order valence-electron chi connectivity index (χ4n) is 2.28. The molecule has 0 aromatic carbocycles. The number of sulfonamides is 1. The molecule has 0 radical (unpaired) electrons. The van der Waals surface area contributed by atoms with Gasteiger partial charge in [0.15, 0.2) is 4.60 Å². The molecule has 1 saturated heterocycles. The van der Waals surface area contributed by atoms with E-state index < -0.39 is 10.0 Å². The number of piperidine rings is 1. The zero-order chi connectivity index (χ0) is 14.0.